The summed E-state index contributed by atoms with van der Waals surface area (Å²) in [5.41, 5.74) is 4.74. The summed E-state index contributed by atoms with van der Waals surface area (Å²) in [5, 5.41) is 9.11. The van der Waals surface area contributed by atoms with E-state index in [0.717, 1.165) is 24.0 Å². The minimum Gasteiger partial charge on any atom is -0.192 e. The highest BCUT2D eigenvalue weighted by atomic mass is 14.3. The van der Waals surface area contributed by atoms with Crippen molar-refractivity contribution >= 4 is 5.57 Å². The summed E-state index contributed by atoms with van der Waals surface area (Å²) in [6.07, 6.45) is 4.10. The summed E-state index contributed by atoms with van der Waals surface area (Å²) < 4.78 is 0. The molecule has 1 heteroatoms. The molecule has 0 N–H and O–H groups in total. The quantitative estimate of drug-likeness (QED) is 0.639. The first kappa shape index (κ1) is 11.0. The minimum absolute atomic E-state index is 0.146. The Kier molecular flexibility index (Phi) is 2.59. The van der Waals surface area contributed by atoms with Gasteiger partial charge in [-0.1, -0.05) is 39.0 Å². The topological polar surface area (TPSA) is 23.8 Å². The van der Waals surface area contributed by atoms with Crippen molar-refractivity contribution in [2.45, 2.75) is 39.0 Å². The molecule has 82 valence electrons. The summed E-state index contributed by atoms with van der Waals surface area (Å²) >= 11 is 0. The molecule has 0 saturated heterocycles. The largest absolute Gasteiger partial charge is 0.192 e. The van der Waals surface area contributed by atoms with E-state index in [1.54, 1.807) is 0 Å². The van der Waals surface area contributed by atoms with Crippen LogP contribution >= 0.6 is 0 Å². The molecular weight excluding hydrogens is 194 g/mol. The van der Waals surface area contributed by atoms with E-state index in [1.807, 2.05) is 0 Å². The molecule has 0 unspecified atom stereocenters. The minimum atomic E-state index is 0.146. The van der Waals surface area contributed by atoms with E-state index < -0.39 is 0 Å². The summed E-state index contributed by atoms with van der Waals surface area (Å²) in [6, 6.07) is 8.86. The molecule has 1 aromatic carbocycles. The molecule has 0 atom stereocenters. The molecule has 1 aliphatic rings. The second kappa shape index (κ2) is 3.79. The van der Waals surface area contributed by atoms with Crippen molar-refractivity contribution < 1.29 is 0 Å². The van der Waals surface area contributed by atoms with Gasteiger partial charge in [0, 0.05) is 0 Å². The van der Waals surface area contributed by atoms with Crippen LogP contribution in [0, 0.1) is 11.3 Å². The van der Waals surface area contributed by atoms with Gasteiger partial charge in [-0.15, -0.1) is 0 Å². The molecule has 0 saturated carbocycles. The lowest BCUT2D eigenvalue weighted by Gasteiger charge is -2.22. The van der Waals surface area contributed by atoms with Crippen molar-refractivity contribution in [2.24, 2.45) is 0 Å². The second-order valence-corrected chi connectivity index (χ2v) is 5.39. The van der Waals surface area contributed by atoms with Gasteiger partial charge in [0.05, 0.1) is 11.6 Å². The maximum Gasteiger partial charge on any atom is 0.0994 e. The van der Waals surface area contributed by atoms with Gasteiger partial charge in [-0.25, -0.2) is 0 Å². The van der Waals surface area contributed by atoms with Gasteiger partial charge >= 0.3 is 0 Å². The molecule has 1 aliphatic carbocycles. The Morgan fingerprint density at radius 2 is 2.00 bits per heavy atom. The van der Waals surface area contributed by atoms with Crippen molar-refractivity contribution in [3.05, 3.63) is 41.0 Å². The van der Waals surface area contributed by atoms with E-state index in [2.05, 4.69) is 51.1 Å². The Balaban J connectivity index is 2.55. The van der Waals surface area contributed by atoms with Crippen molar-refractivity contribution in [1.82, 2.24) is 0 Å². The van der Waals surface area contributed by atoms with Crippen LogP contribution in [0.1, 0.15) is 43.9 Å². The number of rotatable bonds is 0. The first-order valence-electron chi connectivity index (χ1n) is 5.76. The van der Waals surface area contributed by atoms with Gasteiger partial charge in [-0.2, -0.15) is 5.26 Å². The number of fused-ring (bicyclic) bond motifs is 1. The summed E-state index contributed by atoms with van der Waals surface area (Å²) in [7, 11) is 0. The predicted molar refractivity (Wildman–Crippen MR) is 67.1 cm³/mol. The van der Waals surface area contributed by atoms with Gasteiger partial charge in [0.25, 0.3) is 0 Å². The molecule has 0 spiro atoms. The fourth-order valence-electron chi connectivity index (χ4n) is 2.10. The third-order valence-electron chi connectivity index (χ3n) is 3.15. The van der Waals surface area contributed by atoms with Crippen LogP contribution in [0.3, 0.4) is 0 Å². The first-order chi connectivity index (χ1) is 7.52. The van der Waals surface area contributed by atoms with Gasteiger partial charge < -0.3 is 0 Å². The van der Waals surface area contributed by atoms with E-state index in [0.29, 0.717) is 0 Å². The fourth-order valence-corrected chi connectivity index (χ4v) is 2.10. The molecule has 0 aromatic heterocycles. The van der Waals surface area contributed by atoms with Crippen LogP contribution in [0.15, 0.2) is 24.3 Å². The molecule has 0 amide bonds. The highest BCUT2D eigenvalue weighted by Crippen LogP contribution is 2.31. The first-order valence-corrected chi connectivity index (χ1v) is 5.76. The smallest absolute Gasteiger partial charge is 0.0994 e. The number of hydrogen-bond donors (Lipinski definition) is 0. The summed E-state index contributed by atoms with van der Waals surface area (Å²) in [5.74, 6) is 0. The van der Waals surface area contributed by atoms with E-state index in [9.17, 15) is 0 Å². The monoisotopic (exact) mass is 211 g/mol. The predicted octanol–water partition coefficient (Wildman–Crippen LogP) is 3.84. The molecule has 1 aromatic rings. The van der Waals surface area contributed by atoms with Gasteiger partial charge in [-0.05, 0) is 41.0 Å². The van der Waals surface area contributed by atoms with Crippen LogP contribution in [-0.4, -0.2) is 0 Å². The lowest BCUT2D eigenvalue weighted by Crippen LogP contribution is -2.12. The van der Waals surface area contributed by atoms with Gasteiger partial charge in [0.15, 0.2) is 0 Å². The fraction of sp³-hybridized carbons (Fsp3) is 0.400. The second-order valence-electron chi connectivity index (χ2n) is 5.39. The Labute approximate surface area is 97.4 Å². The zero-order valence-electron chi connectivity index (χ0n) is 10.2. The van der Waals surface area contributed by atoms with Crippen LogP contribution in [0.2, 0.25) is 0 Å². The highest BCUT2D eigenvalue weighted by molar-refractivity contribution is 5.80. The average Bonchev–Trinajstić information content (AvgIpc) is 2.26. The summed E-state index contributed by atoms with van der Waals surface area (Å²) in [6.45, 7) is 6.61. The lowest BCUT2D eigenvalue weighted by molar-refractivity contribution is 0.589. The molecular formula is C15H17N. The maximum atomic E-state index is 9.11. The van der Waals surface area contributed by atoms with Crippen LogP contribution in [0.4, 0.5) is 0 Å². The van der Waals surface area contributed by atoms with Crippen molar-refractivity contribution in [3.8, 4) is 6.07 Å². The van der Waals surface area contributed by atoms with E-state index in [1.165, 1.54) is 11.1 Å². The molecule has 0 radical (unpaired) electrons. The molecule has 2 rings (SSSR count). The van der Waals surface area contributed by atoms with Crippen LogP contribution < -0.4 is 0 Å². The average molecular weight is 211 g/mol. The molecule has 1 nitrogen and oxygen atoms in total. The molecule has 0 aliphatic heterocycles. The summed E-state index contributed by atoms with van der Waals surface area (Å²) in [4.78, 5) is 0. The van der Waals surface area contributed by atoms with Crippen LogP contribution in [-0.2, 0) is 11.8 Å². The number of nitrogens with zero attached hydrogens (tertiary/aromatic N) is 1. The number of aryl methyl sites for hydroxylation is 1. The number of nitriles is 1. The standard InChI is InChI=1S/C15H17N/c1-15(2,3)13-8-7-11-5-4-6-12(10-16)14(11)9-13/h6-9H,4-5H2,1-3H3. The Hall–Kier alpha value is -1.55. The van der Waals surface area contributed by atoms with Gasteiger partial charge in [-0.3, -0.25) is 0 Å². The third kappa shape index (κ3) is 1.88. The number of hydrogen-bond acceptors (Lipinski definition) is 1. The van der Waals surface area contributed by atoms with Gasteiger partial charge in [0.1, 0.15) is 0 Å². The van der Waals surface area contributed by atoms with Crippen molar-refractivity contribution in [3.63, 3.8) is 0 Å². The zero-order chi connectivity index (χ0) is 11.8. The normalized spacial score (nSPS) is 15.0. The van der Waals surface area contributed by atoms with E-state index in [4.69, 9.17) is 5.26 Å². The number of benzene rings is 1. The lowest BCUT2D eigenvalue weighted by atomic mass is 9.82. The maximum absolute atomic E-state index is 9.11. The Morgan fingerprint density at radius 1 is 1.25 bits per heavy atom. The SMILES string of the molecule is CC(C)(C)c1ccc2c(c1)C(C#N)=CCC2. The molecule has 16 heavy (non-hydrogen) atoms. The van der Waals surface area contributed by atoms with Crippen molar-refractivity contribution in [2.75, 3.05) is 0 Å². The highest BCUT2D eigenvalue weighted by Gasteiger charge is 2.18. The van der Waals surface area contributed by atoms with E-state index >= 15 is 0 Å². The Bertz CT molecular complexity index is 481. The molecule has 0 fully saturated rings. The molecule has 0 bridgehead atoms. The van der Waals surface area contributed by atoms with E-state index in [-0.39, 0.29) is 5.41 Å². The van der Waals surface area contributed by atoms with Crippen LogP contribution in [0.25, 0.3) is 5.57 Å². The Morgan fingerprint density at radius 3 is 2.62 bits per heavy atom. The zero-order valence-corrected chi connectivity index (χ0v) is 10.2. The van der Waals surface area contributed by atoms with Gasteiger partial charge in [0.2, 0.25) is 0 Å². The van der Waals surface area contributed by atoms with Crippen molar-refractivity contribution in [1.29, 1.82) is 5.26 Å². The third-order valence-corrected chi connectivity index (χ3v) is 3.15. The molecule has 0 heterocycles. The number of allylic oxidation sites excluding steroid dienone is 2. The van der Waals surface area contributed by atoms with Crippen LogP contribution in [0.5, 0.6) is 0 Å².